The third-order valence-electron chi connectivity index (χ3n) is 0.762. The molecule has 0 aliphatic carbocycles. The molecule has 1 nitrogen and oxygen atoms in total. The Morgan fingerprint density at radius 2 is 1.86 bits per heavy atom. The second kappa shape index (κ2) is 9.85. The Morgan fingerprint density at radius 3 is 2.00 bits per heavy atom. The molecule has 0 fully saturated rings. The summed E-state index contributed by atoms with van der Waals surface area (Å²) in [5, 5.41) is 8.20. The largest absolute Gasteiger partial charge is 0.396 e. The standard InChI is InChI=1S/C5H12O.HI/c1-2-3-4-5-6;/h6H,2-5H2,1H3;1H. The lowest BCUT2D eigenvalue weighted by Gasteiger charge is -1.85. The van der Waals surface area contributed by atoms with Gasteiger partial charge < -0.3 is 5.11 Å². The van der Waals surface area contributed by atoms with Gasteiger partial charge in [0.15, 0.2) is 0 Å². The normalized spacial score (nSPS) is 7.71. The van der Waals surface area contributed by atoms with Crippen LogP contribution in [0.2, 0.25) is 0 Å². The highest BCUT2D eigenvalue weighted by molar-refractivity contribution is 14.0. The van der Waals surface area contributed by atoms with Crippen molar-refractivity contribution in [2.45, 2.75) is 26.2 Å². The van der Waals surface area contributed by atoms with Crippen LogP contribution < -0.4 is 0 Å². The maximum Gasteiger partial charge on any atom is 0.0431 e. The van der Waals surface area contributed by atoms with Crippen LogP contribution in [0.5, 0.6) is 0 Å². The molecule has 7 heavy (non-hydrogen) atoms. The van der Waals surface area contributed by atoms with Gasteiger partial charge in [0.2, 0.25) is 0 Å². The molecule has 0 aromatic carbocycles. The van der Waals surface area contributed by atoms with E-state index in [1.807, 2.05) is 0 Å². The number of aliphatic hydroxyl groups excluding tert-OH is 1. The molecular formula is C5H13IO. The van der Waals surface area contributed by atoms with Gasteiger partial charge in [0.05, 0.1) is 0 Å². The molecule has 0 bridgehead atoms. The van der Waals surface area contributed by atoms with Crippen LogP contribution in [-0.2, 0) is 0 Å². The molecule has 0 aliphatic rings. The van der Waals surface area contributed by atoms with E-state index in [1.165, 1.54) is 6.42 Å². The summed E-state index contributed by atoms with van der Waals surface area (Å²) in [6.45, 7) is 2.48. The molecule has 0 atom stereocenters. The molecular weight excluding hydrogens is 203 g/mol. The molecule has 0 saturated carbocycles. The van der Waals surface area contributed by atoms with Crippen molar-refractivity contribution in [3.05, 3.63) is 0 Å². The number of unbranched alkanes of at least 4 members (excludes halogenated alkanes) is 2. The maximum atomic E-state index is 8.20. The maximum absolute atomic E-state index is 8.20. The van der Waals surface area contributed by atoms with Crippen LogP contribution >= 0.6 is 24.0 Å². The fourth-order valence-corrected chi connectivity index (χ4v) is 0.362. The summed E-state index contributed by atoms with van der Waals surface area (Å²) < 4.78 is 0. The van der Waals surface area contributed by atoms with Gasteiger partial charge in [-0.2, -0.15) is 0 Å². The number of hydrogen-bond donors (Lipinski definition) is 1. The molecule has 0 spiro atoms. The van der Waals surface area contributed by atoms with Gasteiger partial charge in [-0.25, -0.2) is 0 Å². The fourth-order valence-electron chi connectivity index (χ4n) is 0.362. The van der Waals surface area contributed by atoms with Gasteiger partial charge in [-0.15, -0.1) is 24.0 Å². The summed E-state index contributed by atoms with van der Waals surface area (Å²) >= 11 is 0. The Labute approximate surface area is 62.1 Å². The van der Waals surface area contributed by atoms with E-state index in [1.54, 1.807) is 0 Å². The first-order valence-corrected chi connectivity index (χ1v) is 2.52. The van der Waals surface area contributed by atoms with Gasteiger partial charge in [0.1, 0.15) is 0 Å². The Bertz CT molecular complexity index is 20.0. The van der Waals surface area contributed by atoms with Crippen LogP contribution in [0.4, 0.5) is 0 Å². The molecule has 46 valence electrons. The van der Waals surface area contributed by atoms with E-state index in [9.17, 15) is 0 Å². The second-order valence-corrected chi connectivity index (χ2v) is 1.43. The molecule has 1 N–H and O–H groups in total. The van der Waals surface area contributed by atoms with Gasteiger partial charge in [0, 0.05) is 6.61 Å². The zero-order valence-electron chi connectivity index (χ0n) is 4.68. The number of halogens is 1. The molecule has 0 heterocycles. The molecule has 0 aromatic heterocycles. The molecule has 0 saturated heterocycles. The van der Waals surface area contributed by atoms with E-state index in [4.69, 9.17) is 5.11 Å². The SMILES string of the molecule is CCCCCO.I. The fraction of sp³-hybridized carbons (Fsp3) is 1.00. The van der Waals surface area contributed by atoms with Crippen molar-refractivity contribution >= 4 is 24.0 Å². The highest BCUT2D eigenvalue weighted by Crippen LogP contribution is 1.89. The van der Waals surface area contributed by atoms with Gasteiger partial charge in [-0.3, -0.25) is 0 Å². The van der Waals surface area contributed by atoms with Gasteiger partial charge in [0.25, 0.3) is 0 Å². The minimum Gasteiger partial charge on any atom is -0.396 e. The lowest BCUT2D eigenvalue weighted by molar-refractivity contribution is 0.284. The first-order valence-electron chi connectivity index (χ1n) is 2.52. The summed E-state index contributed by atoms with van der Waals surface area (Å²) in [6.07, 6.45) is 3.33. The summed E-state index contributed by atoms with van der Waals surface area (Å²) in [5.74, 6) is 0. The molecule has 0 aromatic rings. The number of aliphatic hydroxyl groups is 1. The lowest BCUT2D eigenvalue weighted by Crippen LogP contribution is -1.78. The molecule has 0 unspecified atom stereocenters. The number of hydrogen-bond acceptors (Lipinski definition) is 1. The van der Waals surface area contributed by atoms with Gasteiger partial charge in [-0.1, -0.05) is 19.8 Å². The summed E-state index contributed by atoms with van der Waals surface area (Å²) in [7, 11) is 0. The smallest absolute Gasteiger partial charge is 0.0431 e. The van der Waals surface area contributed by atoms with Crippen molar-refractivity contribution in [2.75, 3.05) is 6.61 Å². The zero-order chi connectivity index (χ0) is 4.83. The first-order chi connectivity index (χ1) is 2.91. The minimum atomic E-state index is 0. The van der Waals surface area contributed by atoms with Crippen molar-refractivity contribution < 1.29 is 5.11 Å². The van der Waals surface area contributed by atoms with E-state index >= 15 is 0 Å². The van der Waals surface area contributed by atoms with E-state index in [0.29, 0.717) is 6.61 Å². The summed E-state index contributed by atoms with van der Waals surface area (Å²) in [5.41, 5.74) is 0. The number of rotatable bonds is 3. The highest BCUT2D eigenvalue weighted by Gasteiger charge is 1.76. The molecule has 0 radical (unpaired) electrons. The van der Waals surface area contributed by atoms with Crippen molar-refractivity contribution in [3.8, 4) is 0 Å². The van der Waals surface area contributed by atoms with E-state index in [0.717, 1.165) is 12.8 Å². The quantitative estimate of drug-likeness (QED) is 0.563. The van der Waals surface area contributed by atoms with Crippen molar-refractivity contribution in [2.24, 2.45) is 0 Å². The zero-order valence-corrected chi connectivity index (χ0v) is 7.01. The Balaban J connectivity index is 0. The van der Waals surface area contributed by atoms with Crippen LogP contribution in [0.3, 0.4) is 0 Å². The van der Waals surface area contributed by atoms with Crippen LogP contribution in [0.1, 0.15) is 26.2 Å². The van der Waals surface area contributed by atoms with Crippen molar-refractivity contribution in [3.63, 3.8) is 0 Å². The van der Waals surface area contributed by atoms with Crippen LogP contribution in [0.15, 0.2) is 0 Å². The van der Waals surface area contributed by atoms with E-state index in [-0.39, 0.29) is 24.0 Å². The Morgan fingerprint density at radius 1 is 1.29 bits per heavy atom. The van der Waals surface area contributed by atoms with E-state index < -0.39 is 0 Å². The molecule has 0 amide bonds. The monoisotopic (exact) mass is 216 g/mol. The van der Waals surface area contributed by atoms with Crippen LogP contribution in [0.25, 0.3) is 0 Å². The average molecular weight is 216 g/mol. The van der Waals surface area contributed by atoms with Crippen molar-refractivity contribution in [1.82, 2.24) is 0 Å². The molecule has 0 rings (SSSR count). The minimum absolute atomic E-state index is 0. The van der Waals surface area contributed by atoms with Crippen LogP contribution in [-0.4, -0.2) is 11.7 Å². The average Bonchev–Trinajstić information content (AvgIpc) is 1.61. The van der Waals surface area contributed by atoms with Gasteiger partial charge in [-0.05, 0) is 6.42 Å². The third kappa shape index (κ3) is 10.8. The topological polar surface area (TPSA) is 20.2 Å². The predicted octanol–water partition coefficient (Wildman–Crippen LogP) is 1.79. The van der Waals surface area contributed by atoms with E-state index in [2.05, 4.69) is 6.92 Å². The van der Waals surface area contributed by atoms with Crippen molar-refractivity contribution in [1.29, 1.82) is 0 Å². The highest BCUT2D eigenvalue weighted by atomic mass is 127. The molecule has 0 aliphatic heterocycles. The Kier molecular flexibility index (Phi) is 15.0. The Hall–Kier alpha value is 0.690. The van der Waals surface area contributed by atoms with Crippen LogP contribution in [0, 0.1) is 0 Å². The third-order valence-corrected chi connectivity index (χ3v) is 0.762. The summed E-state index contributed by atoms with van der Waals surface area (Å²) in [6, 6.07) is 0. The molecule has 2 heteroatoms. The summed E-state index contributed by atoms with van der Waals surface area (Å²) in [4.78, 5) is 0. The van der Waals surface area contributed by atoms with Gasteiger partial charge >= 0.3 is 0 Å². The lowest BCUT2D eigenvalue weighted by atomic mass is 10.3. The second-order valence-electron chi connectivity index (χ2n) is 1.43. The predicted molar refractivity (Wildman–Crippen MR) is 42.0 cm³/mol. The first kappa shape index (κ1) is 10.6.